The van der Waals surface area contributed by atoms with Gasteiger partial charge in [0.1, 0.15) is 5.69 Å². The third-order valence-electron chi connectivity index (χ3n) is 2.52. The van der Waals surface area contributed by atoms with Crippen LogP contribution < -0.4 is 10.6 Å². The Balaban J connectivity index is 2.86. The van der Waals surface area contributed by atoms with E-state index in [2.05, 4.69) is 10.6 Å². The number of carbonyl (C=O) groups is 1. The van der Waals surface area contributed by atoms with E-state index in [1.165, 1.54) is 13.1 Å². The topological polar surface area (TPSA) is 84.3 Å². The largest absolute Gasteiger partial charge is 0.379 e. The molecule has 0 saturated carbocycles. The summed E-state index contributed by atoms with van der Waals surface area (Å²) in [4.78, 5) is 22.0. The lowest BCUT2D eigenvalue weighted by Gasteiger charge is -2.08. The minimum absolute atomic E-state index is 0.0785. The lowest BCUT2D eigenvalue weighted by atomic mass is 10.1. The van der Waals surface area contributed by atoms with E-state index in [1.54, 1.807) is 23.9 Å². The summed E-state index contributed by atoms with van der Waals surface area (Å²) >= 11 is 1.73. The Kier molecular flexibility index (Phi) is 6.14. The smallest absolute Gasteiger partial charge is 0.293 e. The number of carbonyl (C=O) groups excluding carboxylic acids is 1. The van der Waals surface area contributed by atoms with Crippen molar-refractivity contribution in [2.45, 2.75) is 6.42 Å². The molecule has 19 heavy (non-hydrogen) atoms. The number of nitro benzene ring substituents is 1. The Morgan fingerprint density at radius 1 is 1.47 bits per heavy atom. The zero-order valence-electron chi connectivity index (χ0n) is 10.9. The van der Waals surface area contributed by atoms with Gasteiger partial charge in [-0.15, -0.1) is 0 Å². The van der Waals surface area contributed by atoms with Crippen LogP contribution in [0.15, 0.2) is 18.2 Å². The number of hydrogen-bond acceptors (Lipinski definition) is 5. The van der Waals surface area contributed by atoms with Crippen LogP contribution >= 0.6 is 11.8 Å². The third kappa shape index (κ3) is 4.44. The molecule has 0 aliphatic heterocycles. The maximum absolute atomic E-state index is 11.4. The molecule has 0 heterocycles. The average Bonchev–Trinajstić information content (AvgIpc) is 2.42. The summed E-state index contributed by atoms with van der Waals surface area (Å²) in [6.45, 7) is 0.668. The first-order valence-corrected chi connectivity index (χ1v) is 7.23. The van der Waals surface area contributed by atoms with Gasteiger partial charge >= 0.3 is 0 Å². The fourth-order valence-corrected chi connectivity index (χ4v) is 1.99. The number of amides is 1. The molecule has 0 spiro atoms. The molecule has 0 unspecified atom stereocenters. The van der Waals surface area contributed by atoms with Crippen LogP contribution in [0.25, 0.3) is 0 Å². The minimum atomic E-state index is -0.483. The normalized spacial score (nSPS) is 10.0. The van der Waals surface area contributed by atoms with Gasteiger partial charge in [0.15, 0.2) is 0 Å². The Bertz CT molecular complexity index is 466. The molecule has 2 N–H and O–H groups in total. The monoisotopic (exact) mass is 283 g/mol. The molecular weight excluding hydrogens is 266 g/mol. The minimum Gasteiger partial charge on any atom is -0.379 e. The van der Waals surface area contributed by atoms with Crippen LogP contribution in [0.1, 0.15) is 16.8 Å². The van der Waals surface area contributed by atoms with E-state index in [0.29, 0.717) is 12.2 Å². The molecule has 1 aromatic carbocycles. The Hall–Kier alpha value is -1.76. The molecule has 0 saturated heterocycles. The molecule has 104 valence electrons. The van der Waals surface area contributed by atoms with E-state index < -0.39 is 4.92 Å². The molecule has 7 heteroatoms. The van der Waals surface area contributed by atoms with Crippen LogP contribution in [0.5, 0.6) is 0 Å². The number of nitrogens with zero attached hydrogens (tertiary/aromatic N) is 1. The van der Waals surface area contributed by atoms with Crippen molar-refractivity contribution < 1.29 is 9.72 Å². The fourth-order valence-electron chi connectivity index (χ4n) is 1.56. The molecule has 0 radical (unpaired) electrons. The zero-order chi connectivity index (χ0) is 14.3. The van der Waals surface area contributed by atoms with Gasteiger partial charge in [-0.3, -0.25) is 14.9 Å². The Labute approximate surface area is 116 Å². The van der Waals surface area contributed by atoms with Crippen LogP contribution in [0.4, 0.5) is 11.4 Å². The van der Waals surface area contributed by atoms with Crippen LogP contribution in [0.3, 0.4) is 0 Å². The predicted octanol–water partition coefficient (Wildman–Crippen LogP) is 2.12. The number of nitrogens with one attached hydrogen (secondary N) is 2. The average molecular weight is 283 g/mol. The molecule has 0 bridgehead atoms. The lowest BCUT2D eigenvalue weighted by Crippen LogP contribution is -2.18. The summed E-state index contributed by atoms with van der Waals surface area (Å²) in [5, 5.41) is 16.5. The second kappa shape index (κ2) is 7.63. The summed E-state index contributed by atoms with van der Waals surface area (Å²) in [6.07, 6.45) is 2.94. The van der Waals surface area contributed by atoms with Crippen molar-refractivity contribution in [3.05, 3.63) is 33.9 Å². The van der Waals surface area contributed by atoms with Gasteiger partial charge in [-0.25, -0.2) is 0 Å². The van der Waals surface area contributed by atoms with E-state index in [1.807, 2.05) is 6.26 Å². The highest BCUT2D eigenvalue weighted by Crippen LogP contribution is 2.25. The molecule has 1 aromatic rings. The van der Waals surface area contributed by atoms with E-state index in [0.717, 1.165) is 12.2 Å². The van der Waals surface area contributed by atoms with Crippen molar-refractivity contribution in [1.29, 1.82) is 0 Å². The number of hydrogen-bond donors (Lipinski definition) is 2. The van der Waals surface area contributed by atoms with Gasteiger partial charge < -0.3 is 10.6 Å². The number of anilines is 1. The number of benzene rings is 1. The van der Waals surface area contributed by atoms with E-state index in [9.17, 15) is 14.9 Å². The first kappa shape index (κ1) is 15.3. The van der Waals surface area contributed by atoms with Crippen molar-refractivity contribution in [1.82, 2.24) is 5.32 Å². The van der Waals surface area contributed by atoms with Crippen LogP contribution in [0, 0.1) is 10.1 Å². The van der Waals surface area contributed by atoms with Crippen LogP contribution in [0.2, 0.25) is 0 Å². The van der Waals surface area contributed by atoms with Gasteiger partial charge in [-0.1, -0.05) is 0 Å². The summed E-state index contributed by atoms with van der Waals surface area (Å²) in [5.41, 5.74) is 0.646. The van der Waals surface area contributed by atoms with Crippen molar-refractivity contribution in [3.63, 3.8) is 0 Å². The Morgan fingerprint density at radius 2 is 2.21 bits per heavy atom. The number of thioether (sulfide) groups is 1. The lowest BCUT2D eigenvalue weighted by molar-refractivity contribution is -0.384. The first-order valence-electron chi connectivity index (χ1n) is 5.83. The second-order valence-corrected chi connectivity index (χ2v) is 4.83. The molecular formula is C12H17N3O3S. The highest BCUT2D eigenvalue weighted by molar-refractivity contribution is 7.98. The zero-order valence-corrected chi connectivity index (χ0v) is 11.8. The fraction of sp³-hybridized carbons (Fsp3) is 0.417. The van der Waals surface area contributed by atoms with E-state index in [-0.39, 0.29) is 17.2 Å². The van der Waals surface area contributed by atoms with E-state index >= 15 is 0 Å². The predicted molar refractivity (Wildman–Crippen MR) is 78.0 cm³/mol. The molecule has 0 aliphatic carbocycles. The second-order valence-electron chi connectivity index (χ2n) is 3.84. The van der Waals surface area contributed by atoms with Crippen molar-refractivity contribution in [2.75, 3.05) is 30.9 Å². The third-order valence-corrected chi connectivity index (χ3v) is 3.22. The molecule has 0 fully saturated rings. The summed E-state index contributed by atoms with van der Waals surface area (Å²) in [6, 6.07) is 4.43. The molecule has 1 rings (SSSR count). The quantitative estimate of drug-likeness (QED) is 0.455. The highest BCUT2D eigenvalue weighted by Gasteiger charge is 2.16. The summed E-state index contributed by atoms with van der Waals surface area (Å²) in [5.74, 6) is 0.661. The molecule has 6 nitrogen and oxygen atoms in total. The van der Waals surface area contributed by atoms with Crippen LogP contribution in [-0.2, 0) is 0 Å². The number of nitro groups is 1. The maximum atomic E-state index is 11.4. The maximum Gasteiger partial charge on any atom is 0.293 e. The first-order chi connectivity index (χ1) is 9.10. The molecule has 0 aliphatic rings. The van der Waals surface area contributed by atoms with Gasteiger partial charge in [-0.05, 0) is 30.6 Å². The Morgan fingerprint density at radius 3 is 2.79 bits per heavy atom. The number of rotatable bonds is 7. The van der Waals surface area contributed by atoms with Crippen molar-refractivity contribution in [3.8, 4) is 0 Å². The summed E-state index contributed by atoms with van der Waals surface area (Å²) < 4.78 is 0. The van der Waals surface area contributed by atoms with Crippen LogP contribution in [-0.4, -0.2) is 36.4 Å². The standard InChI is InChI=1S/C12H17N3O3S/c1-13-12(16)9-4-5-10(11(8-9)15(17)18)14-6-3-7-19-2/h4-5,8,14H,3,6-7H2,1-2H3,(H,13,16). The molecule has 0 atom stereocenters. The molecule has 1 amide bonds. The SMILES string of the molecule is CNC(=O)c1ccc(NCCCSC)c([N+](=O)[O-])c1. The summed E-state index contributed by atoms with van der Waals surface area (Å²) in [7, 11) is 1.49. The van der Waals surface area contributed by atoms with E-state index in [4.69, 9.17) is 0 Å². The van der Waals surface area contributed by atoms with Gasteiger partial charge in [0.2, 0.25) is 0 Å². The van der Waals surface area contributed by atoms with Gasteiger partial charge in [-0.2, -0.15) is 11.8 Å². The van der Waals surface area contributed by atoms with Gasteiger partial charge in [0.25, 0.3) is 11.6 Å². The van der Waals surface area contributed by atoms with Crippen molar-refractivity contribution >= 4 is 29.0 Å². The van der Waals surface area contributed by atoms with Gasteiger partial charge in [0.05, 0.1) is 4.92 Å². The van der Waals surface area contributed by atoms with Crippen molar-refractivity contribution in [2.24, 2.45) is 0 Å². The highest BCUT2D eigenvalue weighted by atomic mass is 32.2. The molecule has 0 aromatic heterocycles. The van der Waals surface area contributed by atoms with Gasteiger partial charge in [0, 0.05) is 25.2 Å².